The number of anilines is 1. The highest BCUT2D eigenvalue weighted by molar-refractivity contribution is 5.96. The van der Waals surface area contributed by atoms with E-state index >= 15 is 0 Å². The number of benzene rings is 1. The lowest BCUT2D eigenvalue weighted by Crippen LogP contribution is -2.41. The van der Waals surface area contributed by atoms with Crippen molar-refractivity contribution in [3.63, 3.8) is 0 Å². The number of methoxy groups -OCH3 is 1. The molecule has 128 valence electrons. The second kappa shape index (κ2) is 7.49. The number of aromatic nitrogens is 2. The summed E-state index contributed by atoms with van der Waals surface area (Å²) < 4.78 is 7.16. The van der Waals surface area contributed by atoms with Gasteiger partial charge in [-0.15, -0.1) is 0 Å². The number of aryl methyl sites for hydroxylation is 2. The molecule has 1 amide bonds. The van der Waals surface area contributed by atoms with Gasteiger partial charge in [-0.05, 0) is 49.1 Å². The molecule has 0 saturated heterocycles. The van der Waals surface area contributed by atoms with Gasteiger partial charge in [0.1, 0.15) is 5.75 Å². The molecule has 0 unspecified atom stereocenters. The van der Waals surface area contributed by atoms with Gasteiger partial charge in [0, 0.05) is 25.0 Å². The van der Waals surface area contributed by atoms with E-state index in [4.69, 9.17) is 4.74 Å². The summed E-state index contributed by atoms with van der Waals surface area (Å²) in [6.45, 7) is 4.61. The number of rotatable bonds is 6. The predicted octanol–water partition coefficient (Wildman–Crippen LogP) is 1.77. The number of amides is 1. The van der Waals surface area contributed by atoms with E-state index < -0.39 is 0 Å². The number of nitrogens with one attached hydrogen (secondary N) is 1. The van der Waals surface area contributed by atoms with Crippen molar-refractivity contribution in [1.82, 2.24) is 15.1 Å². The van der Waals surface area contributed by atoms with Crippen molar-refractivity contribution in [3.05, 3.63) is 41.7 Å². The van der Waals surface area contributed by atoms with Gasteiger partial charge in [0.25, 0.3) is 0 Å². The summed E-state index contributed by atoms with van der Waals surface area (Å²) in [4.78, 5) is 14.4. The number of carbonyl (C=O) groups excluding carboxylic acids is 1. The van der Waals surface area contributed by atoms with Crippen LogP contribution in [0.1, 0.15) is 17.5 Å². The number of fused-ring (bicyclic) bond motifs is 1. The fraction of sp³-hybridized carbons (Fsp3) is 0.444. The third-order valence-electron chi connectivity index (χ3n) is 4.26. The quantitative estimate of drug-likeness (QED) is 0.821. The third kappa shape index (κ3) is 3.76. The molecule has 0 saturated carbocycles. The minimum atomic E-state index is 0.109. The van der Waals surface area contributed by atoms with Gasteiger partial charge < -0.3 is 15.0 Å². The predicted molar refractivity (Wildman–Crippen MR) is 93.5 cm³/mol. The second-order valence-electron chi connectivity index (χ2n) is 6.10. The fourth-order valence-corrected chi connectivity index (χ4v) is 3.03. The summed E-state index contributed by atoms with van der Waals surface area (Å²) in [5, 5.41) is 7.45. The van der Waals surface area contributed by atoms with Crippen molar-refractivity contribution < 1.29 is 9.53 Å². The molecule has 1 aliphatic heterocycles. The summed E-state index contributed by atoms with van der Waals surface area (Å²) in [5.74, 6) is 0.952. The zero-order valence-corrected chi connectivity index (χ0v) is 14.3. The molecule has 1 aromatic heterocycles. The van der Waals surface area contributed by atoms with E-state index in [1.165, 1.54) is 5.56 Å². The zero-order valence-electron chi connectivity index (χ0n) is 14.3. The SMILES string of the molecule is COc1ccc2c(c1)CCCN2C(=O)CNCCn1cc(C)cn1. The van der Waals surface area contributed by atoms with Crippen LogP contribution in [0, 0.1) is 6.92 Å². The fourth-order valence-electron chi connectivity index (χ4n) is 3.03. The monoisotopic (exact) mass is 328 g/mol. The molecule has 0 radical (unpaired) electrons. The molecule has 1 N–H and O–H groups in total. The zero-order chi connectivity index (χ0) is 16.9. The number of hydrogen-bond acceptors (Lipinski definition) is 4. The number of hydrogen-bond donors (Lipinski definition) is 1. The molecule has 2 aromatic rings. The maximum Gasteiger partial charge on any atom is 0.240 e. The van der Waals surface area contributed by atoms with Crippen LogP contribution in [0.25, 0.3) is 0 Å². The van der Waals surface area contributed by atoms with Gasteiger partial charge in [-0.25, -0.2) is 0 Å². The van der Waals surface area contributed by atoms with Gasteiger partial charge in [0.05, 0.1) is 26.4 Å². The Hall–Kier alpha value is -2.34. The maximum absolute atomic E-state index is 12.5. The highest BCUT2D eigenvalue weighted by atomic mass is 16.5. The molecule has 0 bridgehead atoms. The van der Waals surface area contributed by atoms with Crippen LogP contribution >= 0.6 is 0 Å². The molecule has 24 heavy (non-hydrogen) atoms. The first-order valence-corrected chi connectivity index (χ1v) is 8.34. The van der Waals surface area contributed by atoms with E-state index in [1.54, 1.807) is 7.11 Å². The standard InChI is InChI=1S/C18H24N4O2/c1-14-11-20-21(13-14)9-7-19-12-18(23)22-8-3-4-15-10-16(24-2)5-6-17(15)22/h5-6,10-11,13,19H,3-4,7-9,12H2,1-2H3. The highest BCUT2D eigenvalue weighted by Crippen LogP contribution is 2.30. The number of nitrogens with zero attached hydrogens (tertiary/aromatic N) is 3. The van der Waals surface area contributed by atoms with Crippen molar-refractivity contribution >= 4 is 11.6 Å². The Bertz CT molecular complexity index is 711. The summed E-state index contributed by atoms with van der Waals surface area (Å²) in [7, 11) is 1.67. The summed E-state index contributed by atoms with van der Waals surface area (Å²) in [6.07, 6.45) is 5.81. The number of carbonyl (C=O) groups is 1. The van der Waals surface area contributed by atoms with E-state index in [0.717, 1.165) is 49.5 Å². The Morgan fingerprint density at radius 2 is 2.29 bits per heavy atom. The second-order valence-corrected chi connectivity index (χ2v) is 6.10. The van der Waals surface area contributed by atoms with Crippen LogP contribution in [0.2, 0.25) is 0 Å². The smallest absolute Gasteiger partial charge is 0.240 e. The first kappa shape index (κ1) is 16.5. The topological polar surface area (TPSA) is 59.4 Å². The average Bonchev–Trinajstić information content (AvgIpc) is 3.02. The molecule has 1 aromatic carbocycles. The first-order valence-electron chi connectivity index (χ1n) is 8.34. The largest absolute Gasteiger partial charge is 0.497 e. The van der Waals surface area contributed by atoms with Crippen LogP contribution in [0.15, 0.2) is 30.6 Å². The van der Waals surface area contributed by atoms with Gasteiger partial charge in [-0.3, -0.25) is 9.48 Å². The molecule has 6 nitrogen and oxygen atoms in total. The van der Waals surface area contributed by atoms with E-state index in [1.807, 2.05) is 47.1 Å². The molecular formula is C18H24N4O2. The lowest BCUT2D eigenvalue weighted by atomic mass is 10.0. The summed E-state index contributed by atoms with van der Waals surface area (Å²) >= 11 is 0. The summed E-state index contributed by atoms with van der Waals surface area (Å²) in [6, 6.07) is 5.93. The van der Waals surface area contributed by atoms with E-state index in [-0.39, 0.29) is 5.91 Å². The van der Waals surface area contributed by atoms with Gasteiger partial charge in [-0.2, -0.15) is 5.10 Å². The average molecular weight is 328 g/mol. The van der Waals surface area contributed by atoms with Gasteiger partial charge in [0.2, 0.25) is 5.91 Å². The van der Waals surface area contributed by atoms with Crippen molar-refractivity contribution in [3.8, 4) is 5.75 Å². The molecule has 1 aliphatic rings. The first-order chi connectivity index (χ1) is 11.7. The maximum atomic E-state index is 12.5. The molecular weight excluding hydrogens is 304 g/mol. The lowest BCUT2D eigenvalue weighted by molar-refractivity contribution is -0.117. The van der Waals surface area contributed by atoms with Crippen LogP contribution in [0.4, 0.5) is 5.69 Å². The Balaban J connectivity index is 1.54. The number of ether oxygens (including phenoxy) is 1. The Morgan fingerprint density at radius 3 is 3.04 bits per heavy atom. The van der Waals surface area contributed by atoms with Crippen molar-refractivity contribution in [2.75, 3.05) is 31.6 Å². The summed E-state index contributed by atoms with van der Waals surface area (Å²) in [5.41, 5.74) is 3.34. The van der Waals surface area contributed by atoms with Crippen LogP contribution in [-0.4, -0.2) is 42.4 Å². The normalized spacial score (nSPS) is 13.7. The molecule has 0 aliphatic carbocycles. The minimum Gasteiger partial charge on any atom is -0.497 e. The van der Waals surface area contributed by atoms with Gasteiger partial charge >= 0.3 is 0 Å². The van der Waals surface area contributed by atoms with Crippen LogP contribution < -0.4 is 15.0 Å². The van der Waals surface area contributed by atoms with Crippen molar-refractivity contribution in [2.45, 2.75) is 26.3 Å². The lowest BCUT2D eigenvalue weighted by Gasteiger charge is -2.30. The third-order valence-corrected chi connectivity index (χ3v) is 4.26. The van der Waals surface area contributed by atoms with Gasteiger partial charge in [0.15, 0.2) is 0 Å². The van der Waals surface area contributed by atoms with E-state index in [9.17, 15) is 4.79 Å². The molecule has 0 spiro atoms. The molecule has 0 fully saturated rings. The van der Waals surface area contributed by atoms with Crippen LogP contribution in [0.3, 0.4) is 0 Å². The Labute approximate surface area is 142 Å². The van der Waals surface area contributed by atoms with Crippen molar-refractivity contribution in [2.24, 2.45) is 0 Å². The van der Waals surface area contributed by atoms with E-state index in [2.05, 4.69) is 10.4 Å². The Morgan fingerprint density at radius 1 is 1.42 bits per heavy atom. The highest BCUT2D eigenvalue weighted by Gasteiger charge is 2.22. The van der Waals surface area contributed by atoms with Crippen LogP contribution in [-0.2, 0) is 17.8 Å². The molecule has 6 heteroatoms. The van der Waals surface area contributed by atoms with Crippen LogP contribution in [0.5, 0.6) is 5.75 Å². The van der Waals surface area contributed by atoms with E-state index in [0.29, 0.717) is 6.54 Å². The minimum absolute atomic E-state index is 0.109. The molecule has 2 heterocycles. The van der Waals surface area contributed by atoms with Crippen molar-refractivity contribution in [1.29, 1.82) is 0 Å². The molecule has 3 rings (SSSR count). The van der Waals surface area contributed by atoms with Gasteiger partial charge in [-0.1, -0.05) is 0 Å². The Kier molecular flexibility index (Phi) is 5.15. The molecule has 0 atom stereocenters.